The van der Waals surface area contributed by atoms with Crippen molar-refractivity contribution in [3.63, 3.8) is 0 Å². The van der Waals surface area contributed by atoms with Crippen LogP contribution >= 0.6 is 0 Å². The van der Waals surface area contributed by atoms with Crippen molar-refractivity contribution >= 4 is 11.6 Å². The second kappa shape index (κ2) is 7.79. The van der Waals surface area contributed by atoms with E-state index in [4.69, 9.17) is 10.5 Å². The number of benzene rings is 1. The summed E-state index contributed by atoms with van der Waals surface area (Å²) in [6.45, 7) is 6.01. The minimum Gasteiger partial charge on any atom is -0.491 e. The topological polar surface area (TPSA) is 64.3 Å². The van der Waals surface area contributed by atoms with Gasteiger partial charge in [-0.1, -0.05) is 6.92 Å². The van der Waals surface area contributed by atoms with Crippen molar-refractivity contribution in [2.24, 2.45) is 5.73 Å². The van der Waals surface area contributed by atoms with Crippen LogP contribution < -0.4 is 15.8 Å². The minimum atomic E-state index is -0.00658. The average Bonchev–Trinajstić information content (AvgIpc) is 2.38. The zero-order valence-electron chi connectivity index (χ0n) is 12.0. The van der Waals surface area contributed by atoms with Crippen LogP contribution in [0.4, 0.5) is 5.69 Å². The highest BCUT2D eigenvalue weighted by Gasteiger charge is 2.05. The van der Waals surface area contributed by atoms with Gasteiger partial charge in [0.15, 0.2) is 0 Å². The van der Waals surface area contributed by atoms with Gasteiger partial charge in [0.1, 0.15) is 5.75 Å². The molecule has 0 spiro atoms. The first-order valence-corrected chi connectivity index (χ1v) is 6.83. The average molecular weight is 264 g/mol. The van der Waals surface area contributed by atoms with Gasteiger partial charge in [-0.05, 0) is 51.0 Å². The number of hydrogen-bond acceptors (Lipinski definition) is 3. The number of ether oxygens (including phenoxy) is 1. The van der Waals surface area contributed by atoms with Crippen LogP contribution in [0.3, 0.4) is 0 Å². The fourth-order valence-corrected chi connectivity index (χ4v) is 1.51. The Morgan fingerprint density at radius 1 is 1.32 bits per heavy atom. The Morgan fingerprint density at radius 3 is 2.47 bits per heavy atom. The van der Waals surface area contributed by atoms with Crippen molar-refractivity contribution in [3.8, 4) is 5.75 Å². The third kappa shape index (κ3) is 6.25. The zero-order valence-corrected chi connectivity index (χ0v) is 12.0. The van der Waals surface area contributed by atoms with Gasteiger partial charge in [-0.3, -0.25) is 4.79 Å². The van der Waals surface area contributed by atoms with Crippen molar-refractivity contribution in [2.75, 3.05) is 5.32 Å². The Bertz CT molecular complexity index is 388. The Labute approximate surface area is 115 Å². The predicted molar refractivity (Wildman–Crippen MR) is 78.3 cm³/mol. The summed E-state index contributed by atoms with van der Waals surface area (Å²) < 4.78 is 5.67. The summed E-state index contributed by atoms with van der Waals surface area (Å²) in [5.41, 5.74) is 6.40. The molecule has 0 saturated heterocycles. The van der Waals surface area contributed by atoms with Crippen LogP contribution in [-0.2, 0) is 4.79 Å². The van der Waals surface area contributed by atoms with E-state index in [1.165, 1.54) is 0 Å². The highest BCUT2D eigenvalue weighted by atomic mass is 16.5. The summed E-state index contributed by atoms with van der Waals surface area (Å²) in [5, 5.41) is 2.84. The second-order valence-electron chi connectivity index (χ2n) is 4.93. The molecule has 0 radical (unpaired) electrons. The second-order valence-corrected chi connectivity index (χ2v) is 4.93. The maximum Gasteiger partial charge on any atom is 0.224 e. The molecule has 0 aliphatic rings. The molecule has 0 saturated carbocycles. The number of nitrogens with one attached hydrogen (secondary N) is 1. The molecule has 0 aliphatic carbocycles. The van der Waals surface area contributed by atoms with Gasteiger partial charge in [0, 0.05) is 18.2 Å². The van der Waals surface area contributed by atoms with Crippen LogP contribution in [0.15, 0.2) is 24.3 Å². The van der Waals surface area contributed by atoms with Crippen LogP contribution in [-0.4, -0.2) is 18.1 Å². The van der Waals surface area contributed by atoms with E-state index in [0.717, 1.165) is 17.9 Å². The molecule has 0 aliphatic heterocycles. The maximum atomic E-state index is 11.6. The molecule has 3 N–H and O–H groups in total. The third-order valence-corrected chi connectivity index (χ3v) is 2.88. The molecular formula is C15H24N2O2. The fraction of sp³-hybridized carbons (Fsp3) is 0.533. The Kier molecular flexibility index (Phi) is 6.36. The summed E-state index contributed by atoms with van der Waals surface area (Å²) in [5.74, 6) is 0.816. The molecule has 1 rings (SSSR count). The summed E-state index contributed by atoms with van der Waals surface area (Å²) in [6, 6.07) is 7.49. The lowest BCUT2D eigenvalue weighted by Crippen LogP contribution is -2.19. The third-order valence-electron chi connectivity index (χ3n) is 2.88. The molecule has 0 fully saturated rings. The SMILES string of the molecule is CCC(C)Oc1ccc(NC(=O)CCC(C)N)cc1. The molecule has 106 valence electrons. The van der Waals surface area contributed by atoms with Gasteiger partial charge in [-0.25, -0.2) is 0 Å². The summed E-state index contributed by atoms with van der Waals surface area (Å²) in [7, 11) is 0. The van der Waals surface area contributed by atoms with E-state index in [1.807, 2.05) is 38.1 Å². The summed E-state index contributed by atoms with van der Waals surface area (Å²) >= 11 is 0. The van der Waals surface area contributed by atoms with Gasteiger partial charge < -0.3 is 15.8 Å². The molecule has 1 amide bonds. The molecule has 2 atom stereocenters. The Balaban J connectivity index is 2.45. The van der Waals surface area contributed by atoms with E-state index >= 15 is 0 Å². The Morgan fingerprint density at radius 2 is 1.95 bits per heavy atom. The standard InChI is InChI=1S/C15H24N2O2/c1-4-12(3)19-14-8-6-13(7-9-14)17-15(18)10-5-11(2)16/h6-9,11-12H,4-5,10,16H2,1-3H3,(H,17,18). The molecule has 0 aromatic heterocycles. The molecule has 2 unspecified atom stereocenters. The van der Waals surface area contributed by atoms with Crippen LogP contribution in [0.2, 0.25) is 0 Å². The first-order chi connectivity index (χ1) is 9.01. The lowest BCUT2D eigenvalue weighted by molar-refractivity contribution is -0.116. The van der Waals surface area contributed by atoms with Gasteiger partial charge in [0.2, 0.25) is 5.91 Å². The van der Waals surface area contributed by atoms with Crippen LogP contribution in [0.25, 0.3) is 0 Å². The number of anilines is 1. The monoisotopic (exact) mass is 264 g/mol. The number of nitrogens with two attached hydrogens (primary N) is 1. The van der Waals surface area contributed by atoms with Crippen LogP contribution in [0, 0.1) is 0 Å². The first-order valence-electron chi connectivity index (χ1n) is 6.83. The van der Waals surface area contributed by atoms with Crippen LogP contribution in [0.5, 0.6) is 5.75 Å². The van der Waals surface area contributed by atoms with E-state index in [1.54, 1.807) is 0 Å². The lowest BCUT2D eigenvalue weighted by atomic mass is 10.2. The van der Waals surface area contributed by atoms with Crippen molar-refractivity contribution < 1.29 is 9.53 Å². The number of hydrogen-bond donors (Lipinski definition) is 2. The molecule has 1 aromatic carbocycles. The smallest absolute Gasteiger partial charge is 0.224 e. The van der Waals surface area contributed by atoms with E-state index < -0.39 is 0 Å². The fourth-order valence-electron chi connectivity index (χ4n) is 1.51. The van der Waals surface area contributed by atoms with E-state index in [9.17, 15) is 4.79 Å². The summed E-state index contributed by atoms with van der Waals surface area (Å²) in [4.78, 5) is 11.6. The first kappa shape index (κ1) is 15.5. The van der Waals surface area contributed by atoms with Crippen molar-refractivity contribution in [1.82, 2.24) is 0 Å². The quantitative estimate of drug-likeness (QED) is 0.796. The predicted octanol–water partition coefficient (Wildman–Crippen LogP) is 2.93. The number of carbonyl (C=O) groups excluding carboxylic acids is 1. The van der Waals surface area contributed by atoms with Crippen molar-refractivity contribution in [3.05, 3.63) is 24.3 Å². The van der Waals surface area contributed by atoms with Crippen molar-refractivity contribution in [2.45, 2.75) is 52.2 Å². The molecule has 0 heterocycles. The highest BCUT2D eigenvalue weighted by Crippen LogP contribution is 2.17. The minimum absolute atomic E-state index is 0.00658. The lowest BCUT2D eigenvalue weighted by Gasteiger charge is -2.13. The number of amides is 1. The molecular weight excluding hydrogens is 240 g/mol. The largest absolute Gasteiger partial charge is 0.491 e. The van der Waals surface area contributed by atoms with Gasteiger partial charge in [-0.15, -0.1) is 0 Å². The van der Waals surface area contributed by atoms with Gasteiger partial charge in [0.25, 0.3) is 0 Å². The summed E-state index contributed by atoms with van der Waals surface area (Å²) in [6.07, 6.45) is 2.31. The van der Waals surface area contributed by atoms with Gasteiger partial charge in [0.05, 0.1) is 6.10 Å². The Hall–Kier alpha value is -1.55. The molecule has 19 heavy (non-hydrogen) atoms. The van der Waals surface area contributed by atoms with Gasteiger partial charge in [-0.2, -0.15) is 0 Å². The molecule has 1 aromatic rings. The normalized spacial score (nSPS) is 13.7. The van der Waals surface area contributed by atoms with Crippen molar-refractivity contribution in [1.29, 1.82) is 0 Å². The molecule has 4 heteroatoms. The number of carbonyl (C=O) groups is 1. The molecule has 0 bridgehead atoms. The highest BCUT2D eigenvalue weighted by molar-refractivity contribution is 5.90. The van der Waals surface area contributed by atoms with Crippen LogP contribution in [0.1, 0.15) is 40.0 Å². The van der Waals surface area contributed by atoms with E-state index in [0.29, 0.717) is 12.8 Å². The zero-order chi connectivity index (χ0) is 14.3. The number of rotatable bonds is 7. The van der Waals surface area contributed by atoms with Gasteiger partial charge >= 0.3 is 0 Å². The van der Waals surface area contributed by atoms with E-state index in [2.05, 4.69) is 12.2 Å². The molecule has 4 nitrogen and oxygen atoms in total. The maximum absolute atomic E-state index is 11.6. The van der Waals surface area contributed by atoms with E-state index in [-0.39, 0.29) is 18.1 Å².